The van der Waals surface area contributed by atoms with Crippen LogP contribution in [0.1, 0.15) is 11.1 Å². The average Bonchev–Trinajstić information content (AvgIpc) is 2.39. The van der Waals surface area contributed by atoms with Gasteiger partial charge in [-0.05, 0) is 28.7 Å². The molecule has 2 aromatic carbocycles. The molecule has 5 heteroatoms. The Bertz CT molecular complexity index is 546. The van der Waals surface area contributed by atoms with Gasteiger partial charge in [0.1, 0.15) is 0 Å². The molecule has 0 spiro atoms. The molecule has 2 rings (SSSR count). The fraction of sp³-hybridized carbons (Fsp3) is 0.143. The molecule has 3 nitrogen and oxygen atoms in total. The number of ether oxygens (including phenoxy) is 1. The first-order valence-corrected chi connectivity index (χ1v) is 6.71. The van der Waals surface area contributed by atoms with Gasteiger partial charge in [0.05, 0.1) is 13.2 Å². The van der Waals surface area contributed by atoms with Crippen LogP contribution in [0.5, 0.6) is 0 Å². The zero-order chi connectivity index (χ0) is 13.7. The molecule has 0 aliphatic rings. The first-order valence-electron chi connectivity index (χ1n) is 5.92. The van der Waals surface area contributed by atoms with Crippen LogP contribution in [-0.2, 0) is 18.0 Å². The Kier molecular flexibility index (Phi) is 5.16. The molecular formula is C14H14BBrO3. The van der Waals surface area contributed by atoms with E-state index in [0.29, 0.717) is 18.7 Å². The van der Waals surface area contributed by atoms with E-state index in [9.17, 15) is 0 Å². The smallest absolute Gasteiger partial charge is 0.423 e. The van der Waals surface area contributed by atoms with Gasteiger partial charge in [-0.2, -0.15) is 0 Å². The van der Waals surface area contributed by atoms with Gasteiger partial charge < -0.3 is 14.8 Å². The van der Waals surface area contributed by atoms with Crippen LogP contribution in [0.2, 0.25) is 0 Å². The van der Waals surface area contributed by atoms with Crippen molar-refractivity contribution < 1.29 is 14.8 Å². The lowest BCUT2D eigenvalue weighted by atomic mass is 9.80. The van der Waals surface area contributed by atoms with Gasteiger partial charge in [-0.3, -0.25) is 0 Å². The second kappa shape index (κ2) is 6.87. The maximum absolute atomic E-state index is 9.09. The first-order chi connectivity index (χ1) is 9.15. The summed E-state index contributed by atoms with van der Waals surface area (Å²) in [6.07, 6.45) is 0. The summed E-state index contributed by atoms with van der Waals surface area (Å²) in [6, 6.07) is 15.0. The van der Waals surface area contributed by atoms with Gasteiger partial charge in [-0.15, -0.1) is 0 Å². The monoisotopic (exact) mass is 320 g/mol. The minimum absolute atomic E-state index is 0.438. The fourth-order valence-electron chi connectivity index (χ4n) is 1.76. The molecule has 0 unspecified atom stereocenters. The summed E-state index contributed by atoms with van der Waals surface area (Å²) < 4.78 is 6.64. The normalized spacial score (nSPS) is 10.5. The lowest BCUT2D eigenvalue weighted by molar-refractivity contribution is 0.107. The molecule has 0 amide bonds. The SMILES string of the molecule is OB(O)c1cccc(COCc2cccc(Br)c2)c1. The van der Waals surface area contributed by atoms with Crippen molar-refractivity contribution in [1.82, 2.24) is 0 Å². The van der Waals surface area contributed by atoms with Crippen LogP contribution in [0.15, 0.2) is 53.0 Å². The van der Waals surface area contributed by atoms with Crippen molar-refractivity contribution in [3.05, 3.63) is 64.1 Å². The highest BCUT2D eigenvalue weighted by Crippen LogP contribution is 2.13. The number of hydrogen-bond acceptors (Lipinski definition) is 3. The second-order valence-electron chi connectivity index (χ2n) is 4.24. The third-order valence-electron chi connectivity index (χ3n) is 2.68. The number of hydrogen-bond donors (Lipinski definition) is 2. The van der Waals surface area contributed by atoms with Gasteiger partial charge >= 0.3 is 7.12 Å². The van der Waals surface area contributed by atoms with Crippen LogP contribution in [0.4, 0.5) is 0 Å². The van der Waals surface area contributed by atoms with E-state index >= 15 is 0 Å². The molecule has 2 aromatic rings. The van der Waals surface area contributed by atoms with Crippen molar-refractivity contribution in [3.63, 3.8) is 0 Å². The Labute approximate surface area is 121 Å². The zero-order valence-corrected chi connectivity index (χ0v) is 11.9. The molecule has 0 fully saturated rings. The van der Waals surface area contributed by atoms with Gasteiger partial charge in [-0.1, -0.05) is 52.3 Å². The summed E-state index contributed by atoms with van der Waals surface area (Å²) in [5.74, 6) is 0. The van der Waals surface area contributed by atoms with E-state index in [2.05, 4.69) is 15.9 Å². The second-order valence-corrected chi connectivity index (χ2v) is 5.16. The van der Waals surface area contributed by atoms with Crippen molar-refractivity contribution in [2.75, 3.05) is 0 Å². The summed E-state index contributed by atoms with van der Waals surface area (Å²) in [5, 5.41) is 18.2. The predicted molar refractivity (Wildman–Crippen MR) is 78.9 cm³/mol. The molecule has 0 bridgehead atoms. The van der Waals surface area contributed by atoms with Gasteiger partial charge in [-0.25, -0.2) is 0 Å². The predicted octanol–water partition coefficient (Wildman–Crippen LogP) is 1.85. The minimum atomic E-state index is -1.44. The van der Waals surface area contributed by atoms with Crippen LogP contribution in [0, 0.1) is 0 Å². The summed E-state index contributed by atoms with van der Waals surface area (Å²) in [7, 11) is -1.44. The van der Waals surface area contributed by atoms with Gasteiger partial charge in [0.15, 0.2) is 0 Å². The van der Waals surface area contributed by atoms with Crippen molar-refractivity contribution in [2.24, 2.45) is 0 Å². The number of halogens is 1. The molecule has 0 saturated carbocycles. The summed E-state index contributed by atoms with van der Waals surface area (Å²) in [6.45, 7) is 0.957. The van der Waals surface area contributed by atoms with Gasteiger partial charge in [0.2, 0.25) is 0 Å². The molecule has 2 N–H and O–H groups in total. The molecule has 0 radical (unpaired) electrons. The lowest BCUT2D eigenvalue weighted by Gasteiger charge is -2.07. The van der Waals surface area contributed by atoms with Crippen LogP contribution < -0.4 is 5.46 Å². The molecule has 0 saturated heterocycles. The van der Waals surface area contributed by atoms with E-state index in [4.69, 9.17) is 14.8 Å². The maximum Gasteiger partial charge on any atom is 0.488 e. The minimum Gasteiger partial charge on any atom is -0.423 e. The highest BCUT2D eigenvalue weighted by Gasteiger charge is 2.10. The molecular weight excluding hydrogens is 307 g/mol. The molecule has 0 atom stereocenters. The van der Waals surface area contributed by atoms with E-state index in [1.807, 2.05) is 30.3 Å². The lowest BCUT2D eigenvalue weighted by Crippen LogP contribution is -2.29. The Balaban J connectivity index is 1.90. The molecule has 19 heavy (non-hydrogen) atoms. The molecule has 0 aromatic heterocycles. The summed E-state index contributed by atoms with van der Waals surface area (Å²) in [5.41, 5.74) is 2.48. The topological polar surface area (TPSA) is 49.7 Å². The van der Waals surface area contributed by atoms with Crippen LogP contribution in [0.3, 0.4) is 0 Å². The number of benzene rings is 2. The Morgan fingerprint density at radius 1 is 0.947 bits per heavy atom. The fourth-order valence-corrected chi connectivity index (χ4v) is 2.20. The maximum atomic E-state index is 9.09. The van der Waals surface area contributed by atoms with Crippen LogP contribution in [-0.4, -0.2) is 17.2 Å². The molecule has 0 heterocycles. The van der Waals surface area contributed by atoms with Crippen molar-refractivity contribution in [1.29, 1.82) is 0 Å². The molecule has 98 valence electrons. The molecule has 0 aliphatic heterocycles. The van der Waals surface area contributed by atoms with Crippen molar-refractivity contribution >= 4 is 28.5 Å². The first kappa shape index (κ1) is 14.3. The zero-order valence-electron chi connectivity index (χ0n) is 10.3. The Morgan fingerprint density at radius 2 is 1.58 bits per heavy atom. The van der Waals surface area contributed by atoms with Crippen molar-refractivity contribution in [2.45, 2.75) is 13.2 Å². The highest BCUT2D eigenvalue weighted by molar-refractivity contribution is 9.10. The quantitative estimate of drug-likeness (QED) is 0.827. The van der Waals surface area contributed by atoms with Gasteiger partial charge in [0.25, 0.3) is 0 Å². The third-order valence-corrected chi connectivity index (χ3v) is 3.17. The molecule has 0 aliphatic carbocycles. The van der Waals surface area contributed by atoms with E-state index in [1.165, 1.54) is 0 Å². The van der Waals surface area contributed by atoms with E-state index in [-0.39, 0.29) is 0 Å². The summed E-state index contributed by atoms with van der Waals surface area (Å²) >= 11 is 3.41. The van der Waals surface area contributed by atoms with Gasteiger partial charge in [0, 0.05) is 4.47 Å². The number of rotatable bonds is 5. The third kappa shape index (κ3) is 4.47. The van der Waals surface area contributed by atoms with Crippen LogP contribution >= 0.6 is 15.9 Å². The van der Waals surface area contributed by atoms with E-state index in [1.54, 1.807) is 18.2 Å². The largest absolute Gasteiger partial charge is 0.488 e. The van der Waals surface area contributed by atoms with E-state index in [0.717, 1.165) is 15.6 Å². The summed E-state index contributed by atoms with van der Waals surface area (Å²) in [4.78, 5) is 0. The standard InChI is InChI=1S/C14H14BBrO3/c16-14-6-2-4-12(8-14)10-19-9-11-3-1-5-13(7-11)15(17)18/h1-8,17-18H,9-10H2. The highest BCUT2D eigenvalue weighted by atomic mass is 79.9. The van der Waals surface area contributed by atoms with Crippen LogP contribution in [0.25, 0.3) is 0 Å². The van der Waals surface area contributed by atoms with E-state index < -0.39 is 7.12 Å². The average molecular weight is 321 g/mol. The van der Waals surface area contributed by atoms with Crippen molar-refractivity contribution in [3.8, 4) is 0 Å². The Hall–Kier alpha value is -1.14. The Morgan fingerprint density at radius 3 is 2.21 bits per heavy atom.